The van der Waals surface area contributed by atoms with Gasteiger partial charge in [-0.25, -0.2) is 10.2 Å². The zero-order valence-corrected chi connectivity index (χ0v) is 15.2. The first-order chi connectivity index (χ1) is 13.5. The van der Waals surface area contributed by atoms with E-state index in [-0.39, 0.29) is 22.3 Å². The van der Waals surface area contributed by atoms with Crippen molar-refractivity contribution in [2.45, 2.75) is 0 Å². The van der Waals surface area contributed by atoms with E-state index < -0.39 is 0 Å². The quantitative estimate of drug-likeness (QED) is 0.344. The third-order valence-corrected chi connectivity index (χ3v) is 5.20. The lowest BCUT2D eigenvalue weighted by Gasteiger charge is -2.08. The second-order valence-electron chi connectivity index (χ2n) is 5.99. The van der Waals surface area contributed by atoms with Crippen LogP contribution < -0.4 is 5.32 Å². The Labute approximate surface area is 163 Å². The van der Waals surface area contributed by atoms with Crippen molar-refractivity contribution in [3.63, 3.8) is 0 Å². The Kier molecular flexibility index (Phi) is 4.46. The van der Waals surface area contributed by atoms with Crippen LogP contribution in [0.2, 0.25) is 0 Å². The number of phenols is 1. The van der Waals surface area contributed by atoms with Gasteiger partial charge >= 0.3 is 5.69 Å². The summed E-state index contributed by atoms with van der Waals surface area (Å²) in [4.78, 5) is 27.5. The standard InChI is InChI=1S/C20H13N3O4S/c24-17-10-7-13(21-19(25)12-5-8-14(9-6-12)23(26)27)11-15(17)20-22-16-3-1-2-4-18(16)28-20/h1-11H,(H2-,21,22,24,25,26,27)/p+1. The summed E-state index contributed by atoms with van der Waals surface area (Å²) in [7, 11) is 0. The number of fused-ring (bicyclic) bond motifs is 1. The first kappa shape index (κ1) is 17.6. The van der Waals surface area contributed by atoms with Gasteiger partial charge in [0.05, 0.1) is 20.7 Å². The van der Waals surface area contributed by atoms with Crippen LogP contribution in [0.5, 0.6) is 5.75 Å². The number of rotatable bonds is 4. The van der Waals surface area contributed by atoms with Crippen molar-refractivity contribution in [3.8, 4) is 16.3 Å². The normalized spacial score (nSPS) is 10.7. The molecule has 138 valence electrons. The average molecular weight is 392 g/mol. The molecule has 3 N–H and O–H groups in total. The van der Waals surface area contributed by atoms with E-state index in [1.165, 1.54) is 41.7 Å². The van der Waals surface area contributed by atoms with Crippen molar-refractivity contribution >= 4 is 38.8 Å². The number of carbonyl (C=O) groups excluding carboxylic acids is 1. The highest BCUT2D eigenvalue weighted by molar-refractivity contribution is 7.21. The van der Waals surface area contributed by atoms with Crippen molar-refractivity contribution in [1.82, 2.24) is 4.98 Å². The first-order valence-electron chi connectivity index (χ1n) is 8.28. The van der Waals surface area contributed by atoms with E-state index in [0.717, 1.165) is 10.2 Å². The molecule has 0 saturated heterocycles. The monoisotopic (exact) mass is 392 g/mol. The van der Waals surface area contributed by atoms with Crippen LogP contribution in [0.3, 0.4) is 0 Å². The minimum absolute atomic E-state index is 0.0271. The second-order valence-corrected chi connectivity index (χ2v) is 7.02. The molecule has 28 heavy (non-hydrogen) atoms. The summed E-state index contributed by atoms with van der Waals surface area (Å²) in [6.07, 6.45) is 0. The van der Waals surface area contributed by atoms with Crippen LogP contribution in [0.25, 0.3) is 20.8 Å². The van der Waals surface area contributed by atoms with Gasteiger partial charge < -0.3 is 10.4 Å². The maximum absolute atomic E-state index is 12.4. The molecule has 0 atom stereocenters. The van der Waals surface area contributed by atoms with Crippen LogP contribution in [0.1, 0.15) is 10.4 Å². The number of aromatic nitrogens is 1. The lowest BCUT2D eigenvalue weighted by atomic mass is 10.1. The molecule has 0 aliphatic heterocycles. The number of para-hydroxylation sites is 1. The number of benzene rings is 3. The second kappa shape index (κ2) is 7.09. The molecule has 0 aliphatic rings. The third kappa shape index (κ3) is 3.40. The van der Waals surface area contributed by atoms with Gasteiger partial charge in [0.25, 0.3) is 10.8 Å². The Hall–Kier alpha value is -3.78. The fourth-order valence-corrected chi connectivity index (χ4v) is 3.71. The Morgan fingerprint density at radius 1 is 1.04 bits per heavy atom. The zero-order chi connectivity index (χ0) is 19.7. The topological polar surface area (TPSA) is 103 Å². The van der Waals surface area contributed by atoms with E-state index in [1.807, 2.05) is 24.3 Å². The lowest BCUT2D eigenvalue weighted by molar-refractivity contribution is -0.729. The predicted molar refractivity (Wildman–Crippen MR) is 106 cm³/mol. The van der Waals surface area contributed by atoms with Crippen LogP contribution in [0.4, 0.5) is 11.4 Å². The van der Waals surface area contributed by atoms with Gasteiger partial charge in [0.2, 0.25) is 0 Å². The summed E-state index contributed by atoms with van der Waals surface area (Å²) in [5.74, 6) is -0.317. The molecule has 0 unspecified atom stereocenters. The Morgan fingerprint density at radius 2 is 1.79 bits per heavy atom. The number of hydrogen-bond donors (Lipinski definition) is 3. The van der Waals surface area contributed by atoms with Crippen molar-refractivity contribution < 1.29 is 20.0 Å². The number of amides is 1. The highest BCUT2D eigenvalue weighted by Crippen LogP contribution is 2.36. The average Bonchev–Trinajstić information content (AvgIpc) is 3.13. The van der Waals surface area contributed by atoms with Crippen LogP contribution in [0.15, 0.2) is 66.7 Å². The van der Waals surface area contributed by atoms with Crippen molar-refractivity contribution in [2.24, 2.45) is 0 Å². The maximum atomic E-state index is 12.4. The van der Waals surface area contributed by atoms with Crippen LogP contribution in [0, 0.1) is 4.91 Å². The van der Waals surface area contributed by atoms with Gasteiger partial charge in [-0.3, -0.25) is 4.79 Å². The SMILES string of the molecule is O=C(Nc1ccc(O)c(-c2nc3ccccc3s2)c1)c1ccc([N+](=O)O)cc1. The van der Waals surface area contributed by atoms with Crippen LogP contribution in [-0.2, 0) is 0 Å². The number of anilines is 1. The molecule has 8 heteroatoms. The summed E-state index contributed by atoms with van der Waals surface area (Å²) in [5.41, 5.74) is 2.21. The van der Waals surface area contributed by atoms with Crippen LogP contribution in [-0.4, -0.2) is 26.1 Å². The van der Waals surface area contributed by atoms with E-state index >= 15 is 0 Å². The third-order valence-electron chi connectivity index (χ3n) is 4.13. The molecule has 0 aliphatic carbocycles. The smallest absolute Gasteiger partial charge is 0.316 e. The van der Waals surface area contributed by atoms with Gasteiger partial charge in [0.1, 0.15) is 10.8 Å². The minimum atomic E-state index is -0.386. The Morgan fingerprint density at radius 3 is 2.50 bits per heavy atom. The summed E-state index contributed by atoms with van der Waals surface area (Å²) in [5, 5.41) is 22.5. The highest BCUT2D eigenvalue weighted by Gasteiger charge is 2.15. The molecular formula is C20H14N3O4S+. The molecule has 0 spiro atoms. The maximum Gasteiger partial charge on any atom is 0.316 e. The molecular weight excluding hydrogens is 378 g/mol. The summed E-state index contributed by atoms with van der Waals surface area (Å²) in [6, 6.07) is 18.0. The van der Waals surface area contributed by atoms with Crippen LogP contribution >= 0.6 is 11.3 Å². The zero-order valence-electron chi connectivity index (χ0n) is 14.4. The van der Waals surface area contributed by atoms with Gasteiger partial charge in [-0.2, -0.15) is 0 Å². The summed E-state index contributed by atoms with van der Waals surface area (Å²) >= 11 is 1.45. The van der Waals surface area contributed by atoms with E-state index in [1.54, 1.807) is 12.1 Å². The largest absolute Gasteiger partial charge is 0.507 e. The molecule has 0 bridgehead atoms. The van der Waals surface area contributed by atoms with Crippen molar-refractivity contribution in [1.29, 1.82) is 0 Å². The van der Waals surface area contributed by atoms with E-state index in [4.69, 9.17) is 5.21 Å². The minimum Gasteiger partial charge on any atom is -0.507 e. The molecule has 3 aromatic carbocycles. The Balaban J connectivity index is 1.61. The number of nitrogens with one attached hydrogen (secondary N) is 1. The number of carbonyl (C=O) groups is 1. The number of nitrogens with zero attached hydrogens (tertiary/aromatic N) is 2. The molecule has 0 radical (unpaired) electrons. The van der Waals surface area contributed by atoms with Gasteiger partial charge in [0.15, 0.2) is 0 Å². The molecule has 0 fully saturated rings. The number of hydrogen-bond acceptors (Lipinski definition) is 5. The van der Waals surface area contributed by atoms with Gasteiger partial charge in [-0.1, -0.05) is 12.1 Å². The summed E-state index contributed by atoms with van der Waals surface area (Å²) in [6.45, 7) is 0. The van der Waals surface area contributed by atoms with Crippen molar-refractivity contribution in [2.75, 3.05) is 5.32 Å². The molecule has 1 heterocycles. The number of aromatic hydroxyl groups is 1. The molecule has 0 saturated carbocycles. The summed E-state index contributed by atoms with van der Waals surface area (Å²) < 4.78 is 1.00. The first-order valence-corrected chi connectivity index (χ1v) is 9.09. The molecule has 7 nitrogen and oxygen atoms in total. The van der Waals surface area contributed by atoms with Crippen molar-refractivity contribution in [3.05, 3.63) is 77.2 Å². The fraction of sp³-hybridized carbons (Fsp3) is 0. The molecule has 4 rings (SSSR count). The highest BCUT2D eigenvalue weighted by atomic mass is 32.1. The van der Waals surface area contributed by atoms with Gasteiger partial charge in [-0.05, 0) is 42.5 Å². The molecule has 4 aromatic rings. The van der Waals surface area contributed by atoms with E-state index in [0.29, 0.717) is 21.8 Å². The van der Waals surface area contributed by atoms with E-state index in [2.05, 4.69) is 10.3 Å². The molecule has 1 aromatic heterocycles. The molecule has 1 amide bonds. The van der Waals surface area contributed by atoms with Gasteiger partial charge in [-0.15, -0.1) is 11.3 Å². The van der Waals surface area contributed by atoms with E-state index in [9.17, 15) is 14.8 Å². The predicted octanol–water partition coefficient (Wildman–Crippen LogP) is 4.72. The number of thiazole rings is 1. The number of phenolic OH excluding ortho intramolecular Hbond substituents is 1. The Bertz CT molecular complexity index is 1170. The lowest BCUT2D eigenvalue weighted by Crippen LogP contribution is -2.11. The fourth-order valence-electron chi connectivity index (χ4n) is 2.72. The van der Waals surface area contributed by atoms with Gasteiger partial charge in [0, 0.05) is 23.4 Å².